The van der Waals surface area contributed by atoms with Gasteiger partial charge in [-0.25, -0.2) is 0 Å². The van der Waals surface area contributed by atoms with Crippen LogP contribution in [0.25, 0.3) is 44.5 Å². The van der Waals surface area contributed by atoms with Crippen molar-refractivity contribution in [1.29, 1.82) is 0 Å². The zero-order valence-electron chi connectivity index (χ0n) is 19.1. The van der Waals surface area contributed by atoms with E-state index in [1.165, 1.54) is 55.3 Å². The number of rotatable bonds is 2. The lowest BCUT2D eigenvalue weighted by Gasteiger charge is -2.31. The molecule has 8 rings (SSSR count). The molecule has 3 heterocycles. The molecule has 3 heteroatoms. The molecular weight excluding hydrogens is 426 g/mol. The maximum Gasteiger partial charge on any atom is 0.0638 e. The van der Waals surface area contributed by atoms with Gasteiger partial charge in [-0.15, -0.1) is 0 Å². The Hall–Kier alpha value is -4.50. The van der Waals surface area contributed by atoms with Crippen molar-refractivity contribution in [2.24, 2.45) is 0 Å². The molecule has 0 bridgehead atoms. The Balaban J connectivity index is 1.37. The van der Waals surface area contributed by atoms with Gasteiger partial charge in [0.15, 0.2) is 0 Å². The van der Waals surface area contributed by atoms with Crippen LogP contribution < -0.4 is 4.90 Å². The molecule has 0 fully saturated rings. The number of para-hydroxylation sites is 3. The average Bonchev–Trinajstić information content (AvgIpc) is 3.60. The summed E-state index contributed by atoms with van der Waals surface area (Å²) in [5.41, 5.74) is 8.75. The minimum atomic E-state index is 0.268. The fourth-order valence-corrected chi connectivity index (χ4v) is 6.13. The van der Waals surface area contributed by atoms with Crippen LogP contribution in [0.5, 0.6) is 0 Å². The lowest BCUT2D eigenvalue weighted by Crippen LogP contribution is -2.31. The monoisotopic (exact) mass is 449 g/mol. The molecule has 2 aromatic heterocycles. The third kappa shape index (κ3) is 2.61. The summed E-state index contributed by atoms with van der Waals surface area (Å²) in [7, 11) is 0. The largest absolute Gasteiger partial charge is 0.355 e. The van der Waals surface area contributed by atoms with Crippen LogP contribution in [0.2, 0.25) is 0 Å². The van der Waals surface area contributed by atoms with Gasteiger partial charge in [0, 0.05) is 61.9 Å². The van der Waals surface area contributed by atoms with Crippen molar-refractivity contribution in [1.82, 2.24) is 9.55 Å². The number of hydrogen-bond donors (Lipinski definition) is 1. The van der Waals surface area contributed by atoms with E-state index in [1.807, 2.05) is 0 Å². The summed E-state index contributed by atoms with van der Waals surface area (Å²) in [4.78, 5) is 5.97. The summed E-state index contributed by atoms with van der Waals surface area (Å²) < 4.78 is 2.49. The first-order chi connectivity index (χ1) is 17.4. The first kappa shape index (κ1) is 18.9. The van der Waals surface area contributed by atoms with Crippen LogP contribution in [0, 0.1) is 0 Å². The van der Waals surface area contributed by atoms with Crippen LogP contribution >= 0.6 is 0 Å². The van der Waals surface area contributed by atoms with Crippen LogP contribution in [0.3, 0.4) is 0 Å². The van der Waals surface area contributed by atoms with Crippen molar-refractivity contribution in [3.05, 3.63) is 127 Å². The summed E-state index contributed by atoms with van der Waals surface area (Å²) in [5, 5.41) is 3.84. The molecule has 0 radical (unpaired) electrons. The molecule has 2 aliphatic rings. The topological polar surface area (TPSA) is 24.0 Å². The second-order valence-corrected chi connectivity index (χ2v) is 9.51. The molecule has 2 unspecified atom stereocenters. The fourth-order valence-electron chi connectivity index (χ4n) is 6.13. The third-order valence-electron chi connectivity index (χ3n) is 7.67. The summed E-state index contributed by atoms with van der Waals surface area (Å²) in [6.07, 6.45) is 9.34. The van der Waals surface area contributed by atoms with E-state index in [0.29, 0.717) is 0 Å². The molecule has 166 valence electrons. The highest BCUT2D eigenvalue weighted by Gasteiger charge is 2.36. The highest BCUT2D eigenvalue weighted by Crippen LogP contribution is 2.45. The highest BCUT2D eigenvalue weighted by atomic mass is 15.2. The van der Waals surface area contributed by atoms with Crippen LogP contribution in [0.4, 0.5) is 5.69 Å². The number of benzene rings is 4. The van der Waals surface area contributed by atoms with Crippen LogP contribution in [-0.4, -0.2) is 15.6 Å². The van der Waals surface area contributed by atoms with Crippen molar-refractivity contribution in [2.45, 2.75) is 12.0 Å². The van der Waals surface area contributed by atoms with Gasteiger partial charge in [0.2, 0.25) is 0 Å². The molecular formula is C32H23N3. The normalized spacial score (nSPS) is 18.6. The third-order valence-corrected chi connectivity index (χ3v) is 7.67. The van der Waals surface area contributed by atoms with Gasteiger partial charge < -0.3 is 14.5 Å². The number of H-pyrrole nitrogens is 1. The summed E-state index contributed by atoms with van der Waals surface area (Å²) in [6, 6.07) is 35.2. The van der Waals surface area contributed by atoms with E-state index < -0.39 is 0 Å². The summed E-state index contributed by atoms with van der Waals surface area (Å²) in [5.74, 6) is 0.279. The Kier molecular flexibility index (Phi) is 3.78. The smallest absolute Gasteiger partial charge is 0.0638 e. The van der Waals surface area contributed by atoms with E-state index in [2.05, 4.69) is 136 Å². The van der Waals surface area contributed by atoms with E-state index in [4.69, 9.17) is 0 Å². The molecule has 0 spiro atoms. The van der Waals surface area contributed by atoms with Gasteiger partial charge in [-0.3, -0.25) is 0 Å². The number of aromatic nitrogens is 2. The van der Waals surface area contributed by atoms with Gasteiger partial charge in [-0.05, 0) is 42.5 Å². The molecule has 1 aliphatic carbocycles. The summed E-state index contributed by atoms with van der Waals surface area (Å²) in [6.45, 7) is 0. The minimum Gasteiger partial charge on any atom is -0.355 e. The minimum absolute atomic E-state index is 0.268. The molecule has 3 nitrogen and oxygen atoms in total. The number of nitrogens with one attached hydrogen (secondary N) is 1. The molecule has 1 N–H and O–H groups in total. The quantitative estimate of drug-likeness (QED) is 0.287. The van der Waals surface area contributed by atoms with Gasteiger partial charge in [0.05, 0.1) is 11.6 Å². The van der Waals surface area contributed by atoms with Crippen molar-refractivity contribution >= 4 is 44.5 Å². The van der Waals surface area contributed by atoms with Crippen molar-refractivity contribution in [3.8, 4) is 5.69 Å². The van der Waals surface area contributed by atoms with E-state index in [0.717, 1.165) is 0 Å². The van der Waals surface area contributed by atoms with Gasteiger partial charge in [-0.1, -0.05) is 72.8 Å². The molecule has 4 aromatic carbocycles. The fraction of sp³-hybridized carbons (Fsp3) is 0.0625. The van der Waals surface area contributed by atoms with Crippen LogP contribution in [0.15, 0.2) is 115 Å². The van der Waals surface area contributed by atoms with Gasteiger partial charge in [0.1, 0.15) is 0 Å². The lowest BCUT2D eigenvalue weighted by atomic mass is 9.88. The number of aromatic amines is 1. The van der Waals surface area contributed by atoms with Crippen LogP contribution in [-0.2, 0) is 0 Å². The van der Waals surface area contributed by atoms with E-state index in [1.54, 1.807) is 0 Å². The molecule has 0 saturated carbocycles. The first-order valence-corrected chi connectivity index (χ1v) is 12.2. The number of hydrogen-bond acceptors (Lipinski definition) is 1. The molecule has 35 heavy (non-hydrogen) atoms. The predicted octanol–water partition coefficient (Wildman–Crippen LogP) is 7.78. The second-order valence-electron chi connectivity index (χ2n) is 9.51. The standard InChI is InChI=1S/C32H23N3/c1-2-8-21(9-3-1)34-19-18-26-30(34)17-15-25-24-11-5-7-13-31(24)35(32(25)26)22-14-16-29-27(20-22)23-10-4-6-12-28(23)33-29/h1-20,26,30,33H. The van der Waals surface area contributed by atoms with E-state index >= 15 is 0 Å². The lowest BCUT2D eigenvalue weighted by molar-refractivity contribution is 0.698. The number of fused-ring (bicyclic) bond motifs is 8. The Morgan fingerprint density at radius 1 is 0.629 bits per heavy atom. The molecule has 0 saturated heterocycles. The predicted molar refractivity (Wildman–Crippen MR) is 146 cm³/mol. The number of anilines is 1. The SMILES string of the molecule is C1=CC2C(C=CN2c2ccccc2)c2c1c1ccccc1n2-c1ccc2[nH]c3ccccc3c2c1. The summed E-state index contributed by atoms with van der Waals surface area (Å²) >= 11 is 0. The van der Waals surface area contributed by atoms with Gasteiger partial charge in [-0.2, -0.15) is 0 Å². The maximum absolute atomic E-state index is 3.57. The van der Waals surface area contributed by atoms with Gasteiger partial charge >= 0.3 is 0 Å². The zero-order valence-corrected chi connectivity index (χ0v) is 19.1. The Bertz CT molecular complexity index is 1820. The van der Waals surface area contributed by atoms with Crippen molar-refractivity contribution in [2.75, 3.05) is 4.90 Å². The first-order valence-electron chi connectivity index (χ1n) is 12.2. The average molecular weight is 450 g/mol. The molecule has 2 atom stereocenters. The molecule has 1 aliphatic heterocycles. The molecule has 0 amide bonds. The van der Waals surface area contributed by atoms with Gasteiger partial charge in [0.25, 0.3) is 0 Å². The van der Waals surface area contributed by atoms with E-state index in [-0.39, 0.29) is 12.0 Å². The van der Waals surface area contributed by atoms with Crippen molar-refractivity contribution < 1.29 is 0 Å². The van der Waals surface area contributed by atoms with Crippen LogP contribution in [0.1, 0.15) is 17.2 Å². The second kappa shape index (κ2) is 7.00. The Morgan fingerprint density at radius 2 is 1.40 bits per heavy atom. The Morgan fingerprint density at radius 3 is 2.31 bits per heavy atom. The van der Waals surface area contributed by atoms with Crippen molar-refractivity contribution in [3.63, 3.8) is 0 Å². The maximum atomic E-state index is 3.57. The number of nitrogens with zero attached hydrogens (tertiary/aromatic N) is 2. The Labute approximate surface area is 203 Å². The zero-order chi connectivity index (χ0) is 22.9. The molecule has 6 aromatic rings. The van der Waals surface area contributed by atoms with E-state index in [9.17, 15) is 0 Å². The highest BCUT2D eigenvalue weighted by molar-refractivity contribution is 6.08.